The van der Waals surface area contributed by atoms with Crippen molar-refractivity contribution < 1.29 is 4.74 Å². The molecule has 0 aliphatic carbocycles. The highest BCUT2D eigenvalue weighted by molar-refractivity contribution is 6.32. The van der Waals surface area contributed by atoms with Crippen LogP contribution < -0.4 is 10.5 Å². The third-order valence-electron chi connectivity index (χ3n) is 2.92. The van der Waals surface area contributed by atoms with Crippen LogP contribution in [0.2, 0.25) is 10.2 Å². The molecule has 0 atom stereocenters. The SMILES string of the molecule is Cc1cc(Cl)c(C(C)C)cc1Oc1ncnc(Cl)c1N. The fraction of sp³-hybridized carbons (Fsp3) is 0.286. The predicted octanol–water partition coefficient (Wildman–Crippen LogP) is 4.59. The lowest BCUT2D eigenvalue weighted by Crippen LogP contribution is -1.99. The Morgan fingerprint density at radius 2 is 1.90 bits per heavy atom. The lowest BCUT2D eigenvalue weighted by Gasteiger charge is -2.14. The maximum absolute atomic E-state index is 6.23. The first kappa shape index (κ1) is 14.9. The Bertz CT molecular complexity index is 645. The third kappa shape index (κ3) is 2.97. The van der Waals surface area contributed by atoms with Gasteiger partial charge in [0.25, 0.3) is 0 Å². The highest BCUT2D eigenvalue weighted by Crippen LogP contribution is 2.35. The van der Waals surface area contributed by atoms with Crippen LogP contribution in [0, 0.1) is 6.92 Å². The molecule has 1 aromatic heterocycles. The molecule has 2 N–H and O–H groups in total. The number of benzene rings is 1. The van der Waals surface area contributed by atoms with E-state index in [0.29, 0.717) is 5.75 Å². The summed E-state index contributed by atoms with van der Waals surface area (Å²) < 4.78 is 5.75. The van der Waals surface area contributed by atoms with Gasteiger partial charge in [-0.1, -0.05) is 37.0 Å². The average molecular weight is 312 g/mol. The summed E-state index contributed by atoms with van der Waals surface area (Å²) in [5.41, 5.74) is 7.92. The molecule has 0 unspecified atom stereocenters. The largest absolute Gasteiger partial charge is 0.437 e. The Hall–Kier alpha value is -1.52. The maximum Gasteiger partial charge on any atom is 0.247 e. The Kier molecular flexibility index (Phi) is 4.35. The molecule has 20 heavy (non-hydrogen) atoms. The molecule has 2 aromatic rings. The quantitative estimate of drug-likeness (QED) is 0.842. The van der Waals surface area contributed by atoms with Crippen molar-refractivity contribution in [2.45, 2.75) is 26.7 Å². The van der Waals surface area contributed by atoms with E-state index in [2.05, 4.69) is 23.8 Å². The van der Waals surface area contributed by atoms with Gasteiger partial charge in [0, 0.05) is 5.02 Å². The molecular weight excluding hydrogens is 297 g/mol. The topological polar surface area (TPSA) is 61.0 Å². The predicted molar refractivity (Wildman–Crippen MR) is 81.8 cm³/mol. The van der Waals surface area contributed by atoms with E-state index < -0.39 is 0 Å². The molecule has 106 valence electrons. The highest BCUT2D eigenvalue weighted by atomic mass is 35.5. The molecule has 1 heterocycles. The first-order valence-corrected chi connectivity index (χ1v) is 6.89. The average Bonchev–Trinajstić information content (AvgIpc) is 2.37. The van der Waals surface area contributed by atoms with Crippen molar-refractivity contribution in [2.24, 2.45) is 0 Å². The van der Waals surface area contributed by atoms with Gasteiger partial charge in [-0.05, 0) is 36.1 Å². The monoisotopic (exact) mass is 311 g/mol. The van der Waals surface area contributed by atoms with Crippen molar-refractivity contribution in [3.05, 3.63) is 39.8 Å². The van der Waals surface area contributed by atoms with E-state index in [1.165, 1.54) is 6.33 Å². The summed E-state index contributed by atoms with van der Waals surface area (Å²) >= 11 is 12.1. The minimum atomic E-state index is 0.172. The Balaban J connectivity index is 2.43. The summed E-state index contributed by atoms with van der Waals surface area (Å²) in [7, 11) is 0. The van der Waals surface area contributed by atoms with Crippen LogP contribution in [0.5, 0.6) is 11.6 Å². The fourth-order valence-corrected chi connectivity index (χ4v) is 2.33. The summed E-state index contributed by atoms with van der Waals surface area (Å²) in [6.45, 7) is 6.04. The molecule has 0 saturated carbocycles. The van der Waals surface area contributed by atoms with Crippen molar-refractivity contribution in [1.29, 1.82) is 0 Å². The van der Waals surface area contributed by atoms with Crippen LogP contribution in [0.15, 0.2) is 18.5 Å². The number of aromatic nitrogens is 2. The van der Waals surface area contributed by atoms with Gasteiger partial charge in [-0.15, -0.1) is 0 Å². The molecule has 0 spiro atoms. The van der Waals surface area contributed by atoms with Crippen LogP contribution in [-0.2, 0) is 0 Å². The normalized spacial score (nSPS) is 10.9. The number of rotatable bonds is 3. The molecular formula is C14H15Cl2N3O. The fourth-order valence-electron chi connectivity index (χ4n) is 1.77. The standard InChI is InChI=1S/C14H15Cl2N3O/c1-7(2)9-5-11(8(3)4-10(9)15)20-14-12(17)13(16)18-6-19-14/h4-7H,17H2,1-3H3. The first-order valence-electron chi connectivity index (χ1n) is 6.14. The molecule has 0 bridgehead atoms. The van der Waals surface area contributed by atoms with Crippen molar-refractivity contribution in [3.63, 3.8) is 0 Å². The van der Waals surface area contributed by atoms with Gasteiger partial charge >= 0.3 is 0 Å². The highest BCUT2D eigenvalue weighted by Gasteiger charge is 2.13. The lowest BCUT2D eigenvalue weighted by molar-refractivity contribution is 0.460. The van der Waals surface area contributed by atoms with Crippen LogP contribution in [0.4, 0.5) is 5.69 Å². The summed E-state index contributed by atoms with van der Waals surface area (Å²) in [5.74, 6) is 1.18. The number of hydrogen-bond donors (Lipinski definition) is 1. The van der Waals surface area contributed by atoms with Gasteiger partial charge in [0.2, 0.25) is 5.88 Å². The number of nitrogen functional groups attached to an aromatic ring is 1. The van der Waals surface area contributed by atoms with Gasteiger partial charge in [0.15, 0.2) is 5.15 Å². The Morgan fingerprint density at radius 1 is 1.20 bits per heavy atom. The van der Waals surface area contributed by atoms with E-state index >= 15 is 0 Å². The summed E-state index contributed by atoms with van der Waals surface area (Å²) in [6, 6.07) is 3.77. The van der Waals surface area contributed by atoms with Crippen molar-refractivity contribution in [3.8, 4) is 11.6 Å². The molecule has 0 saturated heterocycles. The number of ether oxygens (including phenoxy) is 1. The third-order valence-corrected chi connectivity index (χ3v) is 3.55. The molecule has 0 amide bonds. The van der Waals surface area contributed by atoms with E-state index in [1.807, 2.05) is 19.1 Å². The zero-order valence-electron chi connectivity index (χ0n) is 11.4. The van der Waals surface area contributed by atoms with Gasteiger partial charge in [-0.2, -0.15) is 4.98 Å². The molecule has 6 heteroatoms. The van der Waals surface area contributed by atoms with Crippen LogP contribution in [0.1, 0.15) is 30.9 Å². The van der Waals surface area contributed by atoms with Gasteiger partial charge in [-0.3, -0.25) is 0 Å². The molecule has 0 aliphatic rings. The van der Waals surface area contributed by atoms with Crippen LogP contribution >= 0.6 is 23.2 Å². The molecule has 4 nitrogen and oxygen atoms in total. The maximum atomic E-state index is 6.23. The number of nitrogens with zero attached hydrogens (tertiary/aromatic N) is 2. The molecule has 0 fully saturated rings. The van der Waals surface area contributed by atoms with Crippen molar-refractivity contribution in [2.75, 3.05) is 5.73 Å². The van der Waals surface area contributed by atoms with E-state index in [9.17, 15) is 0 Å². The van der Waals surface area contributed by atoms with Crippen molar-refractivity contribution in [1.82, 2.24) is 9.97 Å². The first-order chi connectivity index (χ1) is 9.40. The zero-order chi connectivity index (χ0) is 14.9. The molecule has 0 radical (unpaired) electrons. The van der Waals surface area contributed by atoms with Crippen LogP contribution in [0.3, 0.4) is 0 Å². The number of hydrogen-bond acceptors (Lipinski definition) is 4. The molecule has 0 aliphatic heterocycles. The van der Waals surface area contributed by atoms with Gasteiger partial charge < -0.3 is 10.5 Å². The van der Waals surface area contributed by atoms with E-state index in [1.54, 1.807) is 0 Å². The number of halogens is 2. The zero-order valence-corrected chi connectivity index (χ0v) is 13.0. The van der Waals surface area contributed by atoms with E-state index in [4.69, 9.17) is 33.7 Å². The Labute approximate surface area is 127 Å². The Morgan fingerprint density at radius 3 is 2.55 bits per heavy atom. The van der Waals surface area contributed by atoms with E-state index in [-0.39, 0.29) is 22.6 Å². The van der Waals surface area contributed by atoms with Gasteiger partial charge in [-0.25, -0.2) is 4.98 Å². The number of nitrogens with two attached hydrogens (primary N) is 1. The van der Waals surface area contributed by atoms with E-state index in [0.717, 1.165) is 16.1 Å². The van der Waals surface area contributed by atoms with Crippen molar-refractivity contribution >= 4 is 28.9 Å². The smallest absolute Gasteiger partial charge is 0.247 e. The van der Waals surface area contributed by atoms with Crippen LogP contribution in [-0.4, -0.2) is 9.97 Å². The summed E-state index contributed by atoms with van der Waals surface area (Å²) in [6.07, 6.45) is 1.31. The summed E-state index contributed by atoms with van der Waals surface area (Å²) in [4.78, 5) is 7.79. The summed E-state index contributed by atoms with van der Waals surface area (Å²) in [5, 5.41) is 0.893. The molecule has 1 aromatic carbocycles. The number of anilines is 1. The minimum Gasteiger partial charge on any atom is -0.437 e. The minimum absolute atomic E-state index is 0.172. The van der Waals surface area contributed by atoms with Crippen LogP contribution in [0.25, 0.3) is 0 Å². The second kappa shape index (κ2) is 5.85. The second-order valence-corrected chi connectivity index (χ2v) is 5.54. The van der Waals surface area contributed by atoms with Gasteiger partial charge in [0.05, 0.1) is 0 Å². The van der Waals surface area contributed by atoms with Gasteiger partial charge in [0.1, 0.15) is 17.8 Å². The molecule has 2 rings (SSSR count). The number of aryl methyl sites for hydroxylation is 1. The lowest BCUT2D eigenvalue weighted by atomic mass is 10.0. The second-order valence-electron chi connectivity index (χ2n) is 4.78.